The molecule has 4 aromatic carbocycles. The van der Waals surface area contributed by atoms with Crippen molar-refractivity contribution in [2.24, 2.45) is 0 Å². The molecule has 2 aromatic heterocycles. The molecule has 268 valence electrons. The Morgan fingerprint density at radius 1 is 0.774 bits per heavy atom. The summed E-state index contributed by atoms with van der Waals surface area (Å²) in [7, 11) is 0. The lowest BCUT2D eigenvalue weighted by atomic mass is 10.1. The number of nitrogens with one attached hydrogen (secondary N) is 1. The number of rotatable bonds is 8. The first-order chi connectivity index (χ1) is 25.4. The van der Waals surface area contributed by atoms with Crippen LogP contribution in [0.1, 0.15) is 13.8 Å². The van der Waals surface area contributed by atoms with Gasteiger partial charge >= 0.3 is 11.4 Å². The lowest BCUT2D eigenvalue weighted by Crippen LogP contribution is -2.13. The smallest absolute Gasteiger partial charge is 0.314 e. The van der Waals surface area contributed by atoms with Gasteiger partial charge in [0.1, 0.15) is 11.6 Å². The molecular weight excluding hydrogens is 697 g/mol. The molecule has 0 unspecified atom stereocenters. The van der Waals surface area contributed by atoms with Gasteiger partial charge in [-0.3, -0.25) is 34.8 Å². The van der Waals surface area contributed by atoms with Crippen molar-refractivity contribution in [3.05, 3.63) is 168 Å². The summed E-state index contributed by atoms with van der Waals surface area (Å²) in [5.74, 6) is -2.36. The van der Waals surface area contributed by atoms with Gasteiger partial charge in [-0.15, -0.1) is 0 Å². The first-order valence-electron chi connectivity index (χ1n) is 15.4. The zero-order valence-corrected chi connectivity index (χ0v) is 27.9. The molecule has 53 heavy (non-hydrogen) atoms. The zero-order valence-electron chi connectivity index (χ0n) is 27.9. The molecule has 0 amide bonds. The van der Waals surface area contributed by atoms with E-state index in [9.17, 15) is 38.2 Å². The molecule has 0 saturated carbocycles. The van der Waals surface area contributed by atoms with Gasteiger partial charge in [-0.05, 0) is 61.4 Å². The van der Waals surface area contributed by atoms with E-state index in [1.54, 1.807) is 48.5 Å². The van der Waals surface area contributed by atoms with Crippen LogP contribution in [0.2, 0.25) is 0 Å². The summed E-state index contributed by atoms with van der Waals surface area (Å²) in [6.07, 6.45) is 0. The molecule has 0 atom stereocenters. The number of benzene rings is 4. The summed E-state index contributed by atoms with van der Waals surface area (Å²) >= 11 is 0. The number of nitro groups is 2. The Hall–Kier alpha value is -7.53. The van der Waals surface area contributed by atoms with Crippen molar-refractivity contribution in [1.82, 2.24) is 19.6 Å². The van der Waals surface area contributed by atoms with Gasteiger partial charge in [0.2, 0.25) is 17.4 Å². The maximum absolute atomic E-state index is 13.3. The molecule has 17 heteroatoms. The highest BCUT2D eigenvalue weighted by molar-refractivity contribution is 5.67. The first kappa shape index (κ1) is 38.3. The highest BCUT2D eigenvalue weighted by Crippen LogP contribution is 2.34. The number of hydrogen-bond donors (Lipinski definition) is 1. The van der Waals surface area contributed by atoms with E-state index >= 15 is 0 Å². The number of ether oxygens (including phenoxy) is 1. The number of aryl methyl sites for hydroxylation is 2. The number of hydrogen-bond acceptors (Lipinski definition) is 7. The minimum Gasteiger partial charge on any atom is -0.432 e. The van der Waals surface area contributed by atoms with Crippen LogP contribution in [0.15, 0.2) is 102 Å². The predicted octanol–water partition coefficient (Wildman–Crippen LogP) is 9.25. The van der Waals surface area contributed by atoms with Gasteiger partial charge in [0, 0.05) is 25.2 Å². The van der Waals surface area contributed by atoms with Gasteiger partial charge in [0.25, 0.3) is 5.56 Å². The third-order valence-corrected chi connectivity index (χ3v) is 7.14. The number of nitro benzene ring substituents is 2. The molecule has 6 rings (SSSR count). The maximum Gasteiger partial charge on any atom is 0.314 e. The number of nitrogens with zero attached hydrogens (tertiary/aromatic N) is 7. The van der Waals surface area contributed by atoms with E-state index in [0.717, 1.165) is 35.0 Å². The summed E-state index contributed by atoms with van der Waals surface area (Å²) in [4.78, 5) is 37.6. The van der Waals surface area contributed by atoms with E-state index < -0.39 is 38.7 Å². The van der Waals surface area contributed by atoms with Crippen molar-refractivity contribution in [2.75, 3.05) is 0 Å². The highest BCUT2D eigenvalue weighted by Gasteiger charge is 2.20. The fourth-order valence-electron chi connectivity index (χ4n) is 4.60. The fraction of sp³-hybridized carbons (Fsp3) is 0.111. The molecule has 0 spiro atoms. The van der Waals surface area contributed by atoms with E-state index in [1.165, 1.54) is 15.4 Å². The monoisotopic (exact) mass is 724 g/mol. The Labute approximate surface area is 298 Å². The van der Waals surface area contributed by atoms with Crippen LogP contribution in [0.5, 0.6) is 11.6 Å². The second kappa shape index (κ2) is 17.4. The van der Waals surface area contributed by atoms with Crippen molar-refractivity contribution in [3.63, 3.8) is 0 Å². The van der Waals surface area contributed by atoms with Gasteiger partial charge in [0.05, 0.1) is 46.5 Å². The van der Waals surface area contributed by atoms with E-state index in [2.05, 4.69) is 19.9 Å². The molecule has 14 nitrogen and oxygen atoms in total. The topological polar surface area (TPSA) is 160 Å². The zero-order chi connectivity index (χ0) is 38.7. The summed E-state index contributed by atoms with van der Waals surface area (Å²) < 4.78 is 46.6. The van der Waals surface area contributed by atoms with Gasteiger partial charge in [-0.1, -0.05) is 36.4 Å². The molecule has 2 heterocycles. The van der Waals surface area contributed by atoms with Crippen molar-refractivity contribution < 1.29 is 27.8 Å². The van der Waals surface area contributed by atoms with E-state index in [-0.39, 0.29) is 17.2 Å². The Kier molecular flexibility index (Phi) is 12.6. The van der Waals surface area contributed by atoms with E-state index in [1.807, 2.05) is 26.0 Å². The molecule has 0 fully saturated rings. The molecule has 0 aliphatic rings. The molecule has 0 radical (unpaired) electrons. The van der Waals surface area contributed by atoms with Crippen LogP contribution in [0.25, 0.3) is 32.2 Å². The van der Waals surface area contributed by atoms with Crippen LogP contribution in [0.3, 0.4) is 0 Å². The average Bonchev–Trinajstić information content (AvgIpc) is 3.76. The summed E-state index contributed by atoms with van der Waals surface area (Å²) in [6.45, 7) is 18.9. The number of H-pyrrole nitrogens is 1. The Balaban J connectivity index is 0.000000197. The lowest BCUT2D eigenvalue weighted by Gasteiger charge is -2.07. The van der Waals surface area contributed by atoms with Crippen molar-refractivity contribution >= 4 is 22.7 Å². The highest BCUT2D eigenvalue weighted by atomic mass is 19.1. The Morgan fingerprint density at radius 3 is 1.91 bits per heavy atom. The Bertz CT molecular complexity index is 2430. The van der Waals surface area contributed by atoms with Crippen LogP contribution in [0.4, 0.5) is 35.9 Å². The van der Waals surface area contributed by atoms with Crippen LogP contribution >= 0.6 is 0 Å². The van der Waals surface area contributed by atoms with Crippen molar-refractivity contribution in [2.45, 2.75) is 26.9 Å². The quantitative estimate of drug-likeness (QED) is 0.0930. The van der Waals surface area contributed by atoms with Gasteiger partial charge in [-0.25, -0.2) is 23.2 Å². The summed E-state index contributed by atoms with van der Waals surface area (Å²) in [6, 6.07) is 22.5. The summed E-state index contributed by atoms with van der Waals surface area (Å²) in [5.41, 5.74) is 2.59. The standard InChI is InChI=1S/C18H13FN4O3.C12H11N3O.C6H3F2NO2/c1-3-22-18(26-17-8-7-13(19)10-16(17)23(24)25)11-15(21-22)12-5-4-6-14(9-12)20-2;1-3-15-12(16)8-11(14-15)9-5-4-6-10(7-9)13-2;7-4-1-2-5(8)6(3-4)9(10)11/h4-11H,3H2,1H3;4-8,14H,3H2,1H3;1-3H. The van der Waals surface area contributed by atoms with Crippen LogP contribution in [-0.2, 0) is 13.1 Å². The van der Waals surface area contributed by atoms with Gasteiger partial charge in [0.15, 0.2) is 11.4 Å². The number of aromatic amines is 1. The number of halogens is 3. The van der Waals surface area contributed by atoms with Gasteiger partial charge in [-0.2, -0.15) is 9.49 Å². The molecule has 0 saturated heterocycles. The summed E-state index contributed by atoms with van der Waals surface area (Å²) in [5, 5.41) is 28.5. The molecule has 0 aliphatic heterocycles. The lowest BCUT2D eigenvalue weighted by molar-refractivity contribution is -0.387. The van der Waals surface area contributed by atoms with E-state index in [0.29, 0.717) is 42.3 Å². The molecule has 0 aliphatic carbocycles. The average molecular weight is 725 g/mol. The third kappa shape index (κ3) is 9.80. The SMILES string of the molecule is O=[N+]([O-])c1cc(F)ccc1F.[C-]#[N+]c1cccc(-c2cc(=O)n(CC)[nH]2)c1.[C-]#[N+]c1cccc(-c2cc(Oc3ccc(F)cc3[N+](=O)[O-])n(CC)n2)c1. The largest absolute Gasteiger partial charge is 0.432 e. The normalized spacial score (nSPS) is 10.1. The van der Waals surface area contributed by atoms with E-state index in [4.69, 9.17) is 17.9 Å². The number of aromatic nitrogens is 4. The molecular formula is C36H27F3N8O6. The first-order valence-corrected chi connectivity index (χ1v) is 15.4. The minimum atomic E-state index is -1.03. The Morgan fingerprint density at radius 2 is 1.36 bits per heavy atom. The third-order valence-electron chi connectivity index (χ3n) is 7.14. The van der Waals surface area contributed by atoms with Gasteiger partial charge < -0.3 is 4.74 Å². The molecule has 0 bridgehead atoms. The van der Waals surface area contributed by atoms with Crippen LogP contribution in [-0.4, -0.2) is 29.4 Å². The minimum absolute atomic E-state index is 0.0503. The maximum atomic E-state index is 13.3. The van der Waals surface area contributed by atoms with Crippen molar-refractivity contribution in [3.8, 4) is 34.1 Å². The van der Waals surface area contributed by atoms with Crippen LogP contribution < -0.4 is 10.3 Å². The molecule has 1 N–H and O–H groups in total. The van der Waals surface area contributed by atoms with Crippen LogP contribution in [0, 0.1) is 50.8 Å². The second-order valence-electron chi connectivity index (χ2n) is 10.6. The fourth-order valence-corrected chi connectivity index (χ4v) is 4.60. The second-order valence-corrected chi connectivity index (χ2v) is 10.6. The predicted molar refractivity (Wildman–Crippen MR) is 188 cm³/mol. The molecule has 6 aromatic rings. The van der Waals surface area contributed by atoms with Crippen molar-refractivity contribution in [1.29, 1.82) is 0 Å².